The summed E-state index contributed by atoms with van der Waals surface area (Å²) in [6.07, 6.45) is -12.7. The van der Waals surface area contributed by atoms with Crippen LogP contribution in [0.5, 0.6) is 0 Å². The Morgan fingerprint density at radius 1 is 1.05 bits per heavy atom. The van der Waals surface area contributed by atoms with Crippen molar-refractivity contribution in [1.29, 1.82) is 0 Å². The Balaban J connectivity index is 2.91. The molecule has 1 aromatic rings. The molecular formula is C11H6ClF6O3-. The van der Waals surface area contributed by atoms with Gasteiger partial charge in [-0.1, -0.05) is 23.7 Å². The van der Waals surface area contributed by atoms with Crippen LogP contribution in [0.1, 0.15) is 5.56 Å². The minimum Gasteiger partial charge on any atom is -0.828 e. The number of hydrogen-bond acceptors (Lipinski definition) is 3. The lowest BCUT2D eigenvalue weighted by atomic mass is 10.0. The van der Waals surface area contributed by atoms with E-state index in [1.165, 1.54) is 24.3 Å². The highest BCUT2D eigenvalue weighted by molar-refractivity contribution is 6.30. The van der Waals surface area contributed by atoms with Gasteiger partial charge in [0.1, 0.15) is 6.61 Å². The molecule has 0 heterocycles. The molecule has 0 aliphatic heterocycles. The summed E-state index contributed by atoms with van der Waals surface area (Å²) in [6, 6.07) is 4.98. The molecule has 3 nitrogen and oxygen atoms in total. The number of benzene rings is 1. The quantitative estimate of drug-likeness (QED) is 0.630. The van der Waals surface area contributed by atoms with Gasteiger partial charge in [0.15, 0.2) is 5.60 Å². The third kappa shape index (κ3) is 3.59. The van der Waals surface area contributed by atoms with E-state index < -0.39 is 30.5 Å². The zero-order chi connectivity index (χ0) is 16.5. The van der Waals surface area contributed by atoms with Crippen molar-refractivity contribution in [1.82, 2.24) is 0 Å². The van der Waals surface area contributed by atoms with Crippen LogP contribution < -0.4 is 5.11 Å². The van der Waals surface area contributed by atoms with E-state index in [4.69, 9.17) is 11.6 Å². The molecule has 0 spiro atoms. The first kappa shape index (κ1) is 17.6. The lowest BCUT2D eigenvalue weighted by Crippen LogP contribution is -2.71. The molecule has 0 unspecified atom stereocenters. The summed E-state index contributed by atoms with van der Waals surface area (Å²) < 4.78 is 77.5. The van der Waals surface area contributed by atoms with E-state index in [0.717, 1.165) is 0 Å². The number of hydrogen-bond donors (Lipinski definition) is 0. The number of ether oxygens (including phenoxy) is 1. The second-order valence-corrected chi connectivity index (χ2v) is 4.32. The fourth-order valence-corrected chi connectivity index (χ4v) is 1.35. The molecule has 1 rings (SSSR count). The predicted octanol–water partition coefficient (Wildman–Crippen LogP) is 2.61. The summed E-state index contributed by atoms with van der Waals surface area (Å²) in [4.78, 5) is 11.0. The first-order valence-corrected chi connectivity index (χ1v) is 5.53. The fourth-order valence-electron chi connectivity index (χ4n) is 1.22. The fraction of sp³-hybridized carbons (Fsp3) is 0.364. The maximum absolute atomic E-state index is 12.3. The SMILES string of the molecule is O=C(OCc1ccc(Cl)cc1)C([O-])(C(F)(F)F)C(F)(F)F. The summed E-state index contributed by atoms with van der Waals surface area (Å²) in [5.41, 5.74) is -5.76. The molecule has 0 saturated heterocycles. The van der Waals surface area contributed by atoms with Crippen LogP contribution in [0.25, 0.3) is 0 Å². The Morgan fingerprint density at radius 3 is 1.86 bits per heavy atom. The smallest absolute Gasteiger partial charge is 0.399 e. The molecule has 21 heavy (non-hydrogen) atoms. The normalized spacial score (nSPS) is 13.1. The van der Waals surface area contributed by atoms with E-state index in [-0.39, 0.29) is 10.6 Å². The second kappa shape index (κ2) is 5.72. The predicted molar refractivity (Wildman–Crippen MR) is 56.1 cm³/mol. The lowest BCUT2D eigenvalue weighted by Gasteiger charge is -2.40. The molecule has 0 aromatic heterocycles. The molecule has 0 aliphatic rings. The van der Waals surface area contributed by atoms with E-state index >= 15 is 0 Å². The Bertz CT molecular complexity index is 494. The highest BCUT2D eigenvalue weighted by Crippen LogP contribution is 2.41. The summed E-state index contributed by atoms with van der Waals surface area (Å²) in [6.45, 7) is -0.924. The van der Waals surface area contributed by atoms with Crippen LogP contribution >= 0.6 is 11.6 Å². The van der Waals surface area contributed by atoms with Crippen molar-refractivity contribution in [3.8, 4) is 0 Å². The van der Waals surface area contributed by atoms with Gasteiger partial charge in [-0.15, -0.1) is 0 Å². The van der Waals surface area contributed by atoms with Gasteiger partial charge in [-0.2, -0.15) is 26.3 Å². The van der Waals surface area contributed by atoms with Crippen molar-refractivity contribution < 1.29 is 41.0 Å². The van der Waals surface area contributed by atoms with Gasteiger partial charge in [-0.25, -0.2) is 0 Å². The standard InChI is InChI=1S/C11H6ClF6O3/c12-7-3-1-6(2-4-7)5-21-8(19)9(20,10(13,14)15)11(16,17)18/h1-4H,5H2/q-1. The van der Waals surface area contributed by atoms with Gasteiger partial charge >= 0.3 is 18.3 Å². The van der Waals surface area contributed by atoms with Crippen LogP contribution in [0.3, 0.4) is 0 Å². The van der Waals surface area contributed by atoms with Crippen molar-refractivity contribution in [2.45, 2.75) is 24.6 Å². The van der Waals surface area contributed by atoms with Crippen LogP contribution in [-0.4, -0.2) is 23.9 Å². The minimum absolute atomic E-state index is 0.0689. The van der Waals surface area contributed by atoms with E-state index in [1.807, 2.05) is 0 Å². The molecule has 10 heteroatoms. The monoisotopic (exact) mass is 335 g/mol. The van der Waals surface area contributed by atoms with Crippen LogP contribution in [0.15, 0.2) is 24.3 Å². The number of carbonyl (C=O) groups excluding carboxylic acids is 1. The Kier molecular flexibility index (Phi) is 4.79. The van der Waals surface area contributed by atoms with Gasteiger partial charge in [0.2, 0.25) is 0 Å². The first-order chi connectivity index (χ1) is 9.39. The van der Waals surface area contributed by atoms with Gasteiger partial charge in [-0.05, 0) is 17.7 Å². The summed E-state index contributed by atoms with van der Waals surface area (Å²) >= 11 is 5.51. The van der Waals surface area contributed by atoms with Gasteiger partial charge in [-0.3, -0.25) is 4.79 Å². The Labute approximate surface area is 119 Å². The van der Waals surface area contributed by atoms with Crippen molar-refractivity contribution >= 4 is 17.6 Å². The topological polar surface area (TPSA) is 49.4 Å². The van der Waals surface area contributed by atoms with E-state index in [1.54, 1.807) is 0 Å². The Morgan fingerprint density at radius 2 is 1.48 bits per heavy atom. The van der Waals surface area contributed by atoms with Gasteiger partial charge in [0.05, 0.1) is 0 Å². The van der Waals surface area contributed by atoms with E-state index in [9.17, 15) is 36.2 Å². The molecule has 0 amide bonds. The van der Waals surface area contributed by atoms with Crippen molar-refractivity contribution in [3.63, 3.8) is 0 Å². The molecule has 0 radical (unpaired) electrons. The maximum atomic E-state index is 12.3. The third-order valence-corrected chi connectivity index (χ3v) is 2.62. The van der Waals surface area contributed by atoms with Gasteiger partial charge < -0.3 is 9.84 Å². The van der Waals surface area contributed by atoms with Crippen molar-refractivity contribution in [3.05, 3.63) is 34.9 Å². The lowest BCUT2D eigenvalue weighted by molar-refractivity contribution is -0.574. The van der Waals surface area contributed by atoms with Crippen LogP contribution in [0.4, 0.5) is 26.3 Å². The average molecular weight is 336 g/mol. The third-order valence-electron chi connectivity index (χ3n) is 2.37. The summed E-state index contributed by atoms with van der Waals surface area (Å²) in [5.74, 6) is -2.96. The zero-order valence-electron chi connectivity index (χ0n) is 9.89. The first-order valence-electron chi connectivity index (χ1n) is 5.15. The Hall–Kier alpha value is -1.48. The second-order valence-electron chi connectivity index (χ2n) is 3.88. The van der Waals surface area contributed by atoms with Crippen LogP contribution in [0.2, 0.25) is 5.02 Å². The largest absolute Gasteiger partial charge is 0.828 e. The van der Waals surface area contributed by atoms with E-state index in [2.05, 4.69) is 4.74 Å². The van der Waals surface area contributed by atoms with Crippen molar-refractivity contribution in [2.24, 2.45) is 0 Å². The average Bonchev–Trinajstić information content (AvgIpc) is 2.34. The molecule has 0 saturated carbocycles. The highest BCUT2D eigenvalue weighted by Gasteiger charge is 2.68. The molecule has 118 valence electrons. The molecule has 0 bridgehead atoms. The summed E-state index contributed by atoms with van der Waals surface area (Å²) in [5, 5.41) is 11.2. The summed E-state index contributed by atoms with van der Waals surface area (Å²) in [7, 11) is 0. The molecule has 0 N–H and O–H groups in total. The zero-order valence-corrected chi connectivity index (χ0v) is 10.6. The molecule has 0 atom stereocenters. The van der Waals surface area contributed by atoms with Gasteiger partial charge in [0, 0.05) is 5.02 Å². The van der Waals surface area contributed by atoms with Crippen LogP contribution in [-0.2, 0) is 16.1 Å². The number of alkyl halides is 6. The molecule has 0 aliphatic carbocycles. The molecule has 1 aromatic carbocycles. The van der Waals surface area contributed by atoms with E-state index in [0.29, 0.717) is 0 Å². The maximum Gasteiger partial charge on any atom is 0.399 e. The van der Waals surface area contributed by atoms with Crippen molar-refractivity contribution in [2.75, 3.05) is 0 Å². The van der Waals surface area contributed by atoms with Gasteiger partial charge in [0.25, 0.3) is 0 Å². The number of carbonyl (C=O) groups is 1. The molecule has 0 fully saturated rings. The number of esters is 1. The number of rotatable bonds is 3. The minimum atomic E-state index is -6.37. The number of halogens is 7. The molecular weight excluding hydrogens is 330 g/mol. The highest BCUT2D eigenvalue weighted by atomic mass is 35.5. The van der Waals surface area contributed by atoms with Crippen LogP contribution in [0, 0.1) is 0 Å².